The first-order valence-electron chi connectivity index (χ1n) is 8.10. The summed E-state index contributed by atoms with van der Waals surface area (Å²) in [6.45, 7) is 3.32. The molecular formula is C18H27N. The molecule has 0 aliphatic heterocycles. The lowest BCUT2D eigenvalue weighted by Crippen LogP contribution is -2.35. The predicted molar refractivity (Wildman–Crippen MR) is 81.4 cm³/mol. The minimum atomic E-state index is 0.796. The highest BCUT2D eigenvalue weighted by molar-refractivity contribution is 5.22. The Bertz CT molecular complexity index is 408. The number of rotatable bonds is 5. The second kappa shape index (κ2) is 6.09. The predicted octanol–water partition coefficient (Wildman–Crippen LogP) is 4.10. The summed E-state index contributed by atoms with van der Waals surface area (Å²) in [7, 11) is 0. The fourth-order valence-corrected chi connectivity index (χ4v) is 3.70. The Morgan fingerprint density at radius 2 is 2.00 bits per heavy atom. The fraction of sp³-hybridized carbons (Fsp3) is 0.667. The van der Waals surface area contributed by atoms with Gasteiger partial charge < -0.3 is 5.32 Å². The largest absolute Gasteiger partial charge is 0.314 e. The van der Waals surface area contributed by atoms with E-state index in [0.717, 1.165) is 24.4 Å². The van der Waals surface area contributed by atoms with Crippen LogP contribution in [0.3, 0.4) is 0 Å². The highest BCUT2D eigenvalue weighted by Gasteiger charge is 2.34. The molecule has 0 spiro atoms. The third-order valence-electron chi connectivity index (χ3n) is 4.93. The van der Waals surface area contributed by atoms with Gasteiger partial charge in [-0.2, -0.15) is 0 Å². The van der Waals surface area contributed by atoms with Crippen LogP contribution < -0.4 is 5.32 Å². The molecule has 2 unspecified atom stereocenters. The molecule has 0 radical (unpaired) electrons. The van der Waals surface area contributed by atoms with Crippen molar-refractivity contribution in [3.63, 3.8) is 0 Å². The summed E-state index contributed by atoms with van der Waals surface area (Å²) >= 11 is 0. The Morgan fingerprint density at radius 1 is 1.11 bits per heavy atom. The fourth-order valence-electron chi connectivity index (χ4n) is 3.70. The first-order chi connectivity index (χ1) is 9.31. The summed E-state index contributed by atoms with van der Waals surface area (Å²) in [4.78, 5) is 0. The van der Waals surface area contributed by atoms with Gasteiger partial charge in [0.2, 0.25) is 0 Å². The van der Waals surface area contributed by atoms with Gasteiger partial charge in [0, 0.05) is 6.04 Å². The maximum absolute atomic E-state index is 3.80. The van der Waals surface area contributed by atoms with Crippen LogP contribution in [0, 0.1) is 18.8 Å². The number of nitrogens with one attached hydrogen (secondary N) is 1. The highest BCUT2D eigenvalue weighted by atomic mass is 14.9. The number of hydrogen-bond acceptors (Lipinski definition) is 1. The number of hydrogen-bond donors (Lipinski definition) is 1. The lowest BCUT2D eigenvalue weighted by Gasteiger charge is -2.30. The van der Waals surface area contributed by atoms with Gasteiger partial charge in [0.1, 0.15) is 0 Å². The molecule has 1 aromatic carbocycles. The van der Waals surface area contributed by atoms with E-state index in [1.165, 1.54) is 56.1 Å². The summed E-state index contributed by atoms with van der Waals surface area (Å²) in [5.41, 5.74) is 2.85. The van der Waals surface area contributed by atoms with Gasteiger partial charge in [-0.05, 0) is 63.0 Å². The van der Waals surface area contributed by atoms with Crippen molar-refractivity contribution in [1.82, 2.24) is 5.32 Å². The lowest BCUT2D eigenvalue weighted by molar-refractivity contribution is 0.262. The third-order valence-corrected chi connectivity index (χ3v) is 4.93. The molecule has 1 N–H and O–H groups in total. The van der Waals surface area contributed by atoms with Crippen LogP contribution in [0.1, 0.15) is 49.7 Å². The molecular weight excluding hydrogens is 230 g/mol. The van der Waals surface area contributed by atoms with E-state index >= 15 is 0 Å². The molecule has 2 saturated carbocycles. The van der Waals surface area contributed by atoms with Crippen LogP contribution in [-0.2, 0) is 6.42 Å². The smallest absolute Gasteiger partial charge is 0.00699 e. The van der Waals surface area contributed by atoms with Crippen LogP contribution in [0.15, 0.2) is 24.3 Å². The number of benzene rings is 1. The molecule has 1 heteroatoms. The summed E-state index contributed by atoms with van der Waals surface area (Å²) in [5.74, 6) is 2.14. The summed E-state index contributed by atoms with van der Waals surface area (Å²) in [6, 6.07) is 9.72. The SMILES string of the molecule is Cc1cccc(CCNC2CCCC(C3CC3)C2)c1. The molecule has 1 aromatic rings. The Labute approximate surface area is 117 Å². The van der Waals surface area contributed by atoms with Gasteiger partial charge in [-0.3, -0.25) is 0 Å². The maximum Gasteiger partial charge on any atom is 0.00699 e. The summed E-state index contributed by atoms with van der Waals surface area (Å²) in [5, 5.41) is 3.80. The Morgan fingerprint density at radius 3 is 2.79 bits per heavy atom. The first-order valence-corrected chi connectivity index (χ1v) is 8.10. The van der Waals surface area contributed by atoms with E-state index in [-0.39, 0.29) is 0 Å². The highest BCUT2D eigenvalue weighted by Crippen LogP contribution is 2.43. The van der Waals surface area contributed by atoms with Gasteiger partial charge in [0.25, 0.3) is 0 Å². The van der Waals surface area contributed by atoms with Crippen molar-refractivity contribution in [1.29, 1.82) is 0 Å². The van der Waals surface area contributed by atoms with Gasteiger partial charge in [0.15, 0.2) is 0 Å². The molecule has 2 aliphatic rings. The van der Waals surface area contributed by atoms with Crippen molar-refractivity contribution in [2.24, 2.45) is 11.8 Å². The number of aryl methyl sites for hydroxylation is 1. The van der Waals surface area contributed by atoms with Gasteiger partial charge in [0.05, 0.1) is 0 Å². The minimum absolute atomic E-state index is 0.796. The molecule has 0 amide bonds. The van der Waals surface area contributed by atoms with Crippen LogP contribution in [0.2, 0.25) is 0 Å². The molecule has 2 atom stereocenters. The van der Waals surface area contributed by atoms with Crippen molar-refractivity contribution >= 4 is 0 Å². The van der Waals surface area contributed by atoms with Gasteiger partial charge >= 0.3 is 0 Å². The van der Waals surface area contributed by atoms with E-state index in [9.17, 15) is 0 Å². The standard InChI is InChI=1S/C18H27N/c1-14-4-2-5-15(12-14)10-11-19-18-7-3-6-17(13-18)16-8-9-16/h2,4-5,12,16-19H,3,6-11,13H2,1H3. The topological polar surface area (TPSA) is 12.0 Å². The second-order valence-corrected chi connectivity index (χ2v) is 6.65. The van der Waals surface area contributed by atoms with Crippen LogP contribution in [0.4, 0.5) is 0 Å². The van der Waals surface area contributed by atoms with Crippen molar-refractivity contribution < 1.29 is 0 Å². The Balaban J connectivity index is 1.41. The van der Waals surface area contributed by atoms with E-state index in [1.807, 2.05) is 0 Å². The summed E-state index contributed by atoms with van der Waals surface area (Å²) in [6.07, 6.45) is 9.99. The molecule has 0 heterocycles. The molecule has 19 heavy (non-hydrogen) atoms. The molecule has 0 bridgehead atoms. The van der Waals surface area contributed by atoms with E-state index in [2.05, 4.69) is 36.5 Å². The molecule has 0 saturated heterocycles. The van der Waals surface area contributed by atoms with Gasteiger partial charge in [-0.25, -0.2) is 0 Å². The zero-order chi connectivity index (χ0) is 13.1. The van der Waals surface area contributed by atoms with Crippen LogP contribution >= 0.6 is 0 Å². The third kappa shape index (κ3) is 3.82. The van der Waals surface area contributed by atoms with Gasteiger partial charge in [-0.15, -0.1) is 0 Å². The molecule has 1 nitrogen and oxygen atoms in total. The molecule has 2 aliphatic carbocycles. The molecule has 2 fully saturated rings. The van der Waals surface area contributed by atoms with Crippen LogP contribution in [0.5, 0.6) is 0 Å². The van der Waals surface area contributed by atoms with Crippen LogP contribution in [0.25, 0.3) is 0 Å². The van der Waals surface area contributed by atoms with E-state index in [4.69, 9.17) is 0 Å². The normalized spacial score (nSPS) is 27.4. The van der Waals surface area contributed by atoms with E-state index < -0.39 is 0 Å². The average Bonchev–Trinajstić information content (AvgIpc) is 3.23. The first kappa shape index (κ1) is 13.2. The zero-order valence-corrected chi connectivity index (χ0v) is 12.2. The lowest BCUT2D eigenvalue weighted by atomic mass is 9.82. The molecule has 0 aromatic heterocycles. The monoisotopic (exact) mass is 257 g/mol. The quantitative estimate of drug-likeness (QED) is 0.837. The zero-order valence-electron chi connectivity index (χ0n) is 12.2. The molecule has 104 valence electrons. The van der Waals surface area contributed by atoms with Crippen molar-refractivity contribution in [2.75, 3.05) is 6.54 Å². The molecule has 3 rings (SSSR count). The maximum atomic E-state index is 3.80. The van der Waals surface area contributed by atoms with E-state index in [0.29, 0.717) is 0 Å². The van der Waals surface area contributed by atoms with E-state index in [1.54, 1.807) is 0 Å². The van der Waals surface area contributed by atoms with Crippen molar-refractivity contribution in [2.45, 2.75) is 57.9 Å². The van der Waals surface area contributed by atoms with Crippen molar-refractivity contribution in [3.05, 3.63) is 35.4 Å². The second-order valence-electron chi connectivity index (χ2n) is 6.65. The Kier molecular flexibility index (Phi) is 4.22. The summed E-state index contributed by atoms with van der Waals surface area (Å²) < 4.78 is 0. The minimum Gasteiger partial charge on any atom is -0.314 e. The Hall–Kier alpha value is -0.820. The van der Waals surface area contributed by atoms with Crippen LogP contribution in [-0.4, -0.2) is 12.6 Å². The van der Waals surface area contributed by atoms with Gasteiger partial charge in [-0.1, -0.05) is 42.7 Å². The van der Waals surface area contributed by atoms with Crippen molar-refractivity contribution in [3.8, 4) is 0 Å². The average molecular weight is 257 g/mol.